The van der Waals surface area contributed by atoms with E-state index in [0.717, 1.165) is 19.3 Å². The van der Waals surface area contributed by atoms with Gasteiger partial charge in [-0.25, -0.2) is 0 Å². The van der Waals surface area contributed by atoms with Crippen LogP contribution in [-0.2, 0) is 19.1 Å². The molecule has 12 heteroatoms. The lowest BCUT2D eigenvalue weighted by Gasteiger charge is -2.35. The van der Waals surface area contributed by atoms with Crippen molar-refractivity contribution in [3.8, 4) is 5.75 Å². The minimum absolute atomic E-state index is 0.0219. The van der Waals surface area contributed by atoms with Gasteiger partial charge >= 0.3 is 6.36 Å². The van der Waals surface area contributed by atoms with Crippen molar-refractivity contribution in [1.82, 2.24) is 10.6 Å². The van der Waals surface area contributed by atoms with Crippen LogP contribution in [-0.4, -0.2) is 60.3 Å². The van der Waals surface area contributed by atoms with Gasteiger partial charge in [-0.3, -0.25) is 14.3 Å². The number of nitrogens with one attached hydrogen (secondary N) is 2. The highest BCUT2D eigenvalue weighted by Gasteiger charge is 2.48. The van der Waals surface area contributed by atoms with Gasteiger partial charge in [0.05, 0.1) is 18.3 Å². The van der Waals surface area contributed by atoms with Crippen LogP contribution in [0.15, 0.2) is 18.2 Å². The zero-order valence-electron chi connectivity index (χ0n) is 19.3. The Morgan fingerprint density at radius 3 is 2.39 bits per heavy atom. The Bertz CT molecular complexity index is 1000. The molecule has 8 nitrogen and oxygen atoms in total. The fourth-order valence-corrected chi connectivity index (χ4v) is 6.04. The first-order valence-electron chi connectivity index (χ1n) is 12.1. The molecule has 1 heterocycles. The van der Waals surface area contributed by atoms with Gasteiger partial charge in [0.2, 0.25) is 5.91 Å². The Hall–Kier alpha value is -2.08. The maximum Gasteiger partial charge on any atom is 0.522 e. The molecule has 6 atom stereocenters. The van der Waals surface area contributed by atoms with Crippen molar-refractivity contribution >= 4 is 23.4 Å². The summed E-state index contributed by atoms with van der Waals surface area (Å²) in [6, 6.07) is 4.88. The number of carbonyl (C=O) groups is 2. The number of alkyl halides is 3. The highest BCUT2D eigenvalue weighted by molar-refractivity contribution is 6.30. The molecule has 2 amide bonds. The highest BCUT2D eigenvalue weighted by atomic mass is 35.5. The van der Waals surface area contributed by atoms with Crippen LogP contribution in [0.25, 0.3) is 0 Å². The molecule has 0 radical (unpaired) electrons. The highest BCUT2D eigenvalue weighted by Crippen LogP contribution is 2.45. The summed E-state index contributed by atoms with van der Waals surface area (Å²) in [4.78, 5) is 25.1. The van der Waals surface area contributed by atoms with E-state index in [1.807, 2.05) is 0 Å². The number of amides is 2. The molecule has 1 aliphatic heterocycles. The normalized spacial score (nSPS) is 34.9. The molecule has 3 N–H and O–H groups in total. The van der Waals surface area contributed by atoms with Gasteiger partial charge < -0.3 is 25.2 Å². The Kier molecular flexibility index (Phi) is 7.10. The molecule has 36 heavy (non-hydrogen) atoms. The predicted molar refractivity (Wildman–Crippen MR) is 120 cm³/mol. The number of aliphatic hydroxyl groups is 1. The zero-order chi connectivity index (χ0) is 25.6. The molecule has 0 aromatic heterocycles. The number of hydrogen-bond acceptors (Lipinski definition) is 6. The Labute approximate surface area is 210 Å². The molecule has 4 unspecified atom stereocenters. The van der Waals surface area contributed by atoms with Gasteiger partial charge in [-0.2, -0.15) is 0 Å². The third kappa shape index (κ3) is 5.74. The second kappa shape index (κ2) is 10.00. The molecular weight excluding hydrogens is 505 g/mol. The van der Waals surface area contributed by atoms with E-state index in [0.29, 0.717) is 16.3 Å². The predicted octanol–water partition coefficient (Wildman–Crippen LogP) is 3.01. The number of rotatable bonds is 7. The van der Waals surface area contributed by atoms with Crippen molar-refractivity contribution in [2.75, 3.05) is 6.61 Å². The molecule has 4 aliphatic rings. The summed E-state index contributed by atoms with van der Waals surface area (Å²) in [5.41, 5.74) is 0.570. The third-order valence-electron chi connectivity index (χ3n) is 7.66. The number of aliphatic hydroxyl groups excluding tert-OH is 1. The lowest BCUT2D eigenvalue weighted by atomic mass is 9.90. The summed E-state index contributed by atoms with van der Waals surface area (Å²) >= 11 is 5.98. The SMILES string of the molecule is O=C(COC1CC(OC(F)(F)F)C1)NC1CC2CC1CC2NC(=O)[C@H]1C[C@@H](O)c2cc(Cl)ccc2O1. The summed E-state index contributed by atoms with van der Waals surface area (Å²) in [7, 11) is 0. The fourth-order valence-electron chi connectivity index (χ4n) is 5.86. The molecule has 3 aliphatic carbocycles. The van der Waals surface area contributed by atoms with Crippen molar-refractivity contribution in [2.24, 2.45) is 11.8 Å². The molecule has 5 rings (SSSR count). The summed E-state index contributed by atoms with van der Waals surface area (Å²) in [5, 5.41) is 16.9. The zero-order valence-corrected chi connectivity index (χ0v) is 20.1. The lowest BCUT2D eigenvalue weighted by Crippen LogP contribution is -2.50. The van der Waals surface area contributed by atoms with E-state index in [-0.39, 0.29) is 61.6 Å². The second-order valence-electron chi connectivity index (χ2n) is 10.1. The van der Waals surface area contributed by atoms with Gasteiger partial charge in [-0.05, 0) is 49.3 Å². The minimum atomic E-state index is -4.66. The molecule has 198 valence electrons. The fraction of sp³-hybridized carbons (Fsp3) is 0.667. The minimum Gasteiger partial charge on any atom is -0.480 e. The molecule has 3 fully saturated rings. The van der Waals surface area contributed by atoms with Crippen molar-refractivity contribution < 1.29 is 42.1 Å². The topological polar surface area (TPSA) is 106 Å². The molecule has 0 saturated heterocycles. The van der Waals surface area contributed by atoms with Gasteiger partial charge in [0.15, 0.2) is 6.10 Å². The lowest BCUT2D eigenvalue weighted by molar-refractivity contribution is -0.357. The quantitative estimate of drug-likeness (QED) is 0.498. The van der Waals surface area contributed by atoms with E-state index >= 15 is 0 Å². The molecule has 1 aromatic carbocycles. The van der Waals surface area contributed by atoms with Crippen LogP contribution in [0.4, 0.5) is 13.2 Å². The first-order valence-corrected chi connectivity index (χ1v) is 12.5. The van der Waals surface area contributed by atoms with Crippen molar-refractivity contribution in [3.63, 3.8) is 0 Å². The van der Waals surface area contributed by atoms with Gasteiger partial charge in [0.1, 0.15) is 12.4 Å². The summed E-state index contributed by atoms with van der Waals surface area (Å²) < 4.78 is 51.6. The molecule has 3 saturated carbocycles. The first-order chi connectivity index (χ1) is 17.0. The van der Waals surface area contributed by atoms with Crippen LogP contribution in [0.1, 0.15) is 50.2 Å². The largest absolute Gasteiger partial charge is 0.522 e. The molecule has 0 spiro atoms. The van der Waals surface area contributed by atoms with Crippen LogP contribution in [0, 0.1) is 11.8 Å². The number of hydrogen-bond donors (Lipinski definition) is 3. The second-order valence-corrected chi connectivity index (χ2v) is 10.6. The van der Waals surface area contributed by atoms with Gasteiger partial charge in [-0.1, -0.05) is 11.6 Å². The summed E-state index contributed by atoms with van der Waals surface area (Å²) in [6.07, 6.45) is -4.91. The Morgan fingerprint density at radius 1 is 1.03 bits per heavy atom. The number of fused-ring (bicyclic) bond motifs is 3. The average Bonchev–Trinajstić information content (AvgIpc) is 3.34. The van der Waals surface area contributed by atoms with E-state index in [9.17, 15) is 27.9 Å². The number of benzene rings is 1. The van der Waals surface area contributed by atoms with Gasteiger partial charge in [0, 0.05) is 41.9 Å². The third-order valence-corrected chi connectivity index (χ3v) is 7.90. The van der Waals surface area contributed by atoms with E-state index in [1.54, 1.807) is 18.2 Å². The maximum atomic E-state index is 12.9. The average molecular weight is 533 g/mol. The van der Waals surface area contributed by atoms with Gasteiger partial charge in [0.25, 0.3) is 5.91 Å². The summed E-state index contributed by atoms with van der Waals surface area (Å²) in [5.74, 6) is 0.322. The van der Waals surface area contributed by atoms with Crippen LogP contribution in [0.2, 0.25) is 5.02 Å². The van der Waals surface area contributed by atoms with Crippen molar-refractivity contribution in [2.45, 2.75) is 81.4 Å². The number of carbonyl (C=O) groups excluding carboxylic acids is 2. The van der Waals surface area contributed by atoms with E-state index in [4.69, 9.17) is 21.1 Å². The summed E-state index contributed by atoms with van der Waals surface area (Å²) in [6.45, 7) is -0.203. The first kappa shape index (κ1) is 25.6. The van der Waals surface area contributed by atoms with Crippen molar-refractivity contribution in [1.29, 1.82) is 0 Å². The van der Waals surface area contributed by atoms with Gasteiger partial charge in [-0.15, -0.1) is 13.2 Å². The standard InChI is InChI=1S/C24H28ClF3N2O6/c25-13-1-2-20-16(6-13)19(31)9-21(35-20)23(33)30-18-5-11-3-12(18)4-17(11)29-22(32)10-34-14-7-15(8-14)36-24(26,27)28/h1-2,6,11-12,14-15,17-19,21,31H,3-5,7-10H2,(H,29,32)(H,30,33)/t11?,12?,14?,15?,17?,18?,19-,21-/m1/s1. The van der Waals surface area contributed by atoms with Crippen LogP contribution in [0.3, 0.4) is 0 Å². The maximum absolute atomic E-state index is 12.9. The van der Waals surface area contributed by atoms with Crippen LogP contribution < -0.4 is 15.4 Å². The smallest absolute Gasteiger partial charge is 0.480 e. The van der Waals surface area contributed by atoms with Crippen LogP contribution in [0.5, 0.6) is 5.75 Å². The molecule has 2 bridgehead atoms. The molecule has 1 aromatic rings. The van der Waals surface area contributed by atoms with E-state index in [2.05, 4.69) is 15.4 Å². The van der Waals surface area contributed by atoms with E-state index < -0.39 is 30.8 Å². The Morgan fingerprint density at radius 2 is 1.72 bits per heavy atom. The van der Waals surface area contributed by atoms with Crippen LogP contribution >= 0.6 is 11.6 Å². The number of halogens is 4. The van der Waals surface area contributed by atoms with Crippen molar-refractivity contribution in [3.05, 3.63) is 28.8 Å². The molecular formula is C24H28ClF3N2O6. The number of ether oxygens (including phenoxy) is 3. The van der Waals surface area contributed by atoms with E-state index in [1.165, 1.54) is 0 Å². The Balaban J connectivity index is 1.03. The monoisotopic (exact) mass is 532 g/mol.